The summed E-state index contributed by atoms with van der Waals surface area (Å²) in [5, 5.41) is 0. The van der Waals surface area contributed by atoms with E-state index in [0.717, 1.165) is 5.56 Å². The van der Waals surface area contributed by atoms with Gasteiger partial charge >= 0.3 is 5.97 Å². The van der Waals surface area contributed by atoms with Crippen LogP contribution in [0.25, 0.3) is 6.08 Å². The Morgan fingerprint density at radius 2 is 1.89 bits per heavy atom. The van der Waals surface area contributed by atoms with Crippen LogP contribution < -0.4 is 0 Å². The minimum atomic E-state index is -0.459. The second-order valence-corrected chi connectivity index (χ2v) is 3.69. The summed E-state index contributed by atoms with van der Waals surface area (Å²) in [5.41, 5.74) is 1.24. The molecule has 0 saturated heterocycles. The van der Waals surface area contributed by atoms with Crippen molar-refractivity contribution in [3.05, 3.63) is 53.6 Å². The van der Waals surface area contributed by atoms with E-state index in [1.54, 1.807) is 19.9 Å². The van der Waals surface area contributed by atoms with Gasteiger partial charge < -0.3 is 4.74 Å². The molecular weight excluding hydrogens is 228 g/mol. The summed E-state index contributed by atoms with van der Waals surface area (Å²) < 4.78 is 4.78. The van der Waals surface area contributed by atoms with Crippen LogP contribution in [0, 0.1) is 0 Å². The first-order chi connectivity index (χ1) is 8.63. The zero-order chi connectivity index (χ0) is 13.4. The molecule has 0 amide bonds. The fourth-order valence-electron chi connectivity index (χ4n) is 1.31. The smallest absolute Gasteiger partial charge is 0.333 e. The van der Waals surface area contributed by atoms with Crippen molar-refractivity contribution in [1.29, 1.82) is 0 Å². The topological polar surface area (TPSA) is 43.4 Å². The van der Waals surface area contributed by atoms with Gasteiger partial charge in [0.15, 0.2) is 5.78 Å². The molecule has 18 heavy (non-hydrogen) atoms. The van der Waals surface area contributed by atoms with Crippen molar-refractivity contribution in [3.63, 3.8) is 0 Å². The van der Waals surface area contributed by atoms with E-state index in [2.05, 4.69) is 0 Å². The Balaban J connectivity index is 2.64. The average molecular weight is 244 g/mol. The van der Waals surface area contributed by atoms with Crippen LogP contribution in [-0.4, -0.2) is 18.4 Å². The number of ketones is 1. The summed E-state index contributed by atoms with van der Waals surface area (Å²) in [5.74, 6) is -0.691. The Bertz CT molecular complexity index is 470. The molecule has 0 aliphatic carbocycles. The SMILES string of the molecule is CCOC(=O)C(C)=CC(=O)C=Cc1ccccc1. The molecule has 1 rings (SSSR count). The number of benzene rings is 1. The Morgan fingerprint density at radius 3 is 2.50 bits per heavy atom. The van der Waals surface area contributed by atoms with Crippen molar-refractivity contribution in [2.24, 2.45) is 0 Å². The summed E-state index contributed by atoms with van der Waals surface area (Å²) in [4.78, 5) is 22.9. The molecule has 3 heteroatoms. The van der Waals surface area contributed by atoms with Crippen LogP contribution in [0.3, 0.4) is 0 Å². The summed E-state index contributed by atoms with van der Waals surface area (Å²) in [6.07, 6.45) is 4.41. The monoisotopic (exact) mass is 244 g/mol. The van der Waals surface area contributed by atoms with Crippen LogP contribution in [-0.2, 0) is 14.3 Å². The van der Waals surface area contributed by atoms with Gasteiger partial charge in [0.1, 0.15) is 0 Å². The highest BCUT2D eigenvalue weighted by atomic mass is 16.5. The number of rotatable bonds is 5. The molecule has 0 fully saturated rings. The molecule has 94 valence electrons. The predicted octanol–water partition coefficient (Wildman–Crippen LogP) is 2.78. The highest BCUT2D eigenvalue weighted by Gasteiger charge is 2.05. The third-order valence-electron chi connectivity index (χ3n) is 2.20. The second kappa shape index (κ2) is 7.22. The lowest BCUT2D eigenvalue weighted by atomic mass is 10.1. The molecule has 1 aromatic rings. The van der Waals surface area contributed by atoms with Gasteiger partial charge in [-0.05, 0) is 31.6 Å². The summed E-state index contributed by atoms with van der Waals surface area (Å²) in [6.45, 7) is 3.59. The molecule has 0 atom stereocenters. The molecule has 0 aliphatic rings. The normalized spacial score (nSPS) is 11.6. The molecule has 0 saturated carbocycles. The Morgan fingerprint density at radius 1 is 1.22 bits per heavy atom. The quantitative estimate of drug-likeness (QED) is 0.591. The highest BCUT2D eigenvalue weighted by Crippen LogP contribution is 2.02. The van der Waals surface area contributed by atoms with Crippen LogP contribution in [0.1, 0.15) is 19.4 Å². The van der Waals surface area contributed by atoms with Crippen LogP contribution >= 0.6 is 0 Å². The van der Waals surface area contributed by atoms with Crippen LogP contribution in [0.4, 0.5) is 0 Å². The Hall–Kier alpha value is -2.16. The molecule has 1 aromatic carbocycles. The first-order valence-corrected chi connectivity index (χ1v) is 5.76. The Kier molecular flexibility index (Phi) is 5.58. The molecule has 0 radical (unpaired) electrons. The zero-order valence-corrected chi connectivity index (χ0v) is 10.6. The van der Waals surface area contributed by atoms with Crippen LogP contribution in [0.15, 0.2) is 48.1 Å². The third-order valence-corrected chi connectivity index (χ3v) is 2.20. The van der Waals surface area contributed by atoms with Crippen LogP contribution in [0.2, 0.25) is 0 Å². The number of allylic oxidation sites excluding steroid dienone is 2. The lowest BCUT2D eigenvalue weighted by molar-refractivity contribution is -0.138. The maximum Gasteiger partial charge on any atom is 0.333 e. The lowest BCUT2D eigenvalue weighted by Gasteiger charge is -1.99. The number of esters is 1. The van der Waals surface area contributed by atoms with Gasteiger partial charge in [0.25, 0.3) is 0 Å². The third kappa shape index (κ3) is 4.78. The summed E-state index contributed by atoms with van der Waals surface area (Å²) >= 11 is 0. The average Bonchev–Trinajstić information content (AvgIpc) is 2.38. The van der Waals surface area contributed by atoms with E-state index < -0.39 is 5.97 Å². The van der Waals surface area contributed by atoms with Gasteiger partial charge in [0, 0.05) is 5.57 Å². The summed E-state index contributed by atoms with van der Waals surface area (Å²) in [7, 11) is 0. The molecule has 0 spiro atoms. The zero-order valence-electron chi connectivity index (χ0n) is 10.6. The van der Waals surface area contributed by atoms with E-state index in [4.69, 9.17) is 4.74 Å². The molecule has 0 aromatic heterocycles. The van der Waals surface area contributed by atoms with E-state index in [1.807, 2.05) is 30.3 Å². The second-order valence-electron chi connectivity index (χ2n) is 3.69. The first kappa shape index (κ1) is 13.9. The molecule has 0 bridgehead atoms. The number of hydrogen-bond acceptors (Lipinski definition) is 3. The van der Waals surface area contributed by atoms with Gasteiger partial charge in [0.05, 0.1) is 6.61 Å². The molecular formula is C15H16O3. The predicted molar refractivity (Wildman–Crippen MR) is 70.9 cm³/mol. The van der Waals surface area contributed by atoms with Crippen LogP contribution in [0.5, 0.6) is 0 Å². The van der Waals surface area contributed by atoms with E-state index >= 15 is 0 Å². The van der Waals surface area contributed by atoms with Crippen molar-refractivity contribution in [3.8, 4) is 0 Å². The summed E-state index contributed by atoms with van der Waals surface area (Å²) in [6, 6.07) is 9.48. The van der Waals surface area contributed by atoms with Gasteiger partial charge in [-0.25, -0.2) is 4.79 Å². The van der Waals surface area contributed by atoms with E-state index in [-0.39, 0.29) is 5.78 Å². The van der Waals surface area contributed by atoms with Crippen molar-refractivity contribution in [1.82, 2.24) is 0 Å². The first-order valence-electron chi connectivity index (χ1n) is 5.76. The molecule has 0 unspecified atom stereocenters. The van der Waals surface area contributed by atoms with Gasteiger partial charge in [-0.3, -0.25) is 4.79 Å². The maximum atomic E-state index is 11.6. The molecule has 0 aliphatic heterocycles. The van der Waals surface area contributed by atoms with E-state index in [1.165, 1.54) is 12.2 Å². The van der Waals surface area contributed by atoms with Crippen molar-refractivity contribution in [2.75, 3.05) is 6.61 Å². The lowest BCUT2D eigenvalue weighted by Crippen LogP contribution is -2.06. The number of ether oxygens (including phenoxy) is 1. The highest BCUT2D eigenvalue weighted by molar-refractivity contribution is 6.06. The van der Waals surface area contributed by atoms with Crippen molar-refractivity contribution < 1.29 is 14.3 Å². The standard InChI is InChI=1S/C15H16O3/c1-3-18-15(17)12(2)11-14(16)10-9-13-7-5-4-6-8-13/h4-11H,3H2,1-2H3. The molecule has 0 N–H and O–H groups in total. The van der Waals surface area contributed by atoms with Gasteiger partial charge in [-0.2, -0.15) is 0 Å². The molecule has 3 nitrogen and oxygen atoms in total. The van der Waals surface area contributed by atoms with Crippen molar-refractivity contribution in [2.45, 2.75) is 13.8 Å². The van der Waals surface area contributed by atoms with E-state index in [0.29, 0.717) is 12.2 Å². The molecule has 0 heterocycles. The number of carbonyl (C=O) groups excluding carboxylic acids is 2. The number of carbonyl (C=O) groups is 2. The minimum Gasteiger partial charge on any atom is -0.463 e. The van der Waals surface area contributed by atoms with Crippen molar-refractivity contribution >= 4 is 17.8 Å². The Labute approximate surface area is 107 Å². The van der Waals surface area contributed by atoms with Gasteiger partial charge in [-0.15, -0.1) is 0 Å². The fourth-order valence-corrected chi connectivity index (χ4v) is 1.31. The van der Waals surface area contributed by atoms with E-state index in [9.17, 15) is 9.59 Å². The van der Waals surface area contributed by atoms with Gasteiger partial charge in [-0.1, -0.05) is 36.4 Å². The minimum absolute atomic E-state index is 0.232. The number of hydrogen-bond donors (Lipinski definition) is 0. The fraction of sp³-hybridized carbons (Fsp3) is 0.200. The van der Waals surface area contributed by atoms with Gasteiger partial charge in [0.2, 0.25) is 0 Å². The maximum absolute atomic E-state index is 11.6. The largest absolute Gasteiger partial charge is 0.463 e.